The fraction of sp³-hybridized carbons (Fsp3) is 0.656. The molecule has 4 amide bonds. The van der Waals surface area contributed by atoms with E-state index in [2.05, 4.69) is 28.7 Å². The molecule has 236 valence electrons. The van der Waals surface area contributed by atoms with Gasteiger partial charge < -0.3 is 25.1 Å². The number of imide groups is 1. The van der Waals surface area contributed by atoms with Gasteiger partial charge in [0.2, 0.25) is 11.8 Å². The monoisotopic (exact) mass is 597 g/mol. The lowest BCUT2D eigenvalue weighted by Gasteiger charge is -2.38. The van der Waals surface area contributed by atoms with Gasteiger partial charge in [-0.15, -0.1) is 0 Å². The molecule has 11 nitrogen and oxygen atoms in total. The summed E-state index contributed by atoms with van der Waals surface area (Å²) in [4.78, 5) is 67.5. The van der Waals surface area contributed by atoms with E-state index in [9.17, 15) is 24.0 Å². The third kappa shape index (κ3) is 8.20. The van der Waals surface area contributed by atoms with Crippen LogP contribution in [-0.2, 0) is 28.7 Å². The van der Waals surface area contributed by atoms with Gasteiger partial charge in [0.05, 0.1) is 30.4 Å². The molecule has 1 saturated carbocycles. The van der Waals surface area contributed by atoms with Crippen LogP contribution in [-0.4, -0.2) is 109 Å². The first-order chi connectivity index (χ1) is 20.7. The lowest BCUT2D eigenvalue weighted by Crippen LogP contribution is -2.46. The molecule has 0 spiro atoms. The predicted molar refractivity (Wildman–Crippen MR) is 162 cm³/mol. The van der Waals surface area contributed by atoms with Crippen LogP contribution >= 0.6 is 0 Å². The standard InChI is InChI=1S/C32H47N5O6/c1-4-27(30-22(2)31(41)37(32(30)42)24(21-38)10-11-28(39)33-3)36-18-14-26(15-19-36)43-25-12-16-35(17-13-25)20-29(40)34-23-8-6-5-7-9-23/h4,21,23-26H,1-2,5-20H2,3H3,(H,33,39)(H,34,40)/b30-27-. The summed E-state index contributed by atoms with van der Waals surface area (Å²) in [6, 6.07) is -0.711. The van der Waals surface area contributed by atoms with Crippen LogP contribution in [0.3, 0.4) is 0 Å². The highest BCUT2D eigenvalue weighted by molar-refractivity contribution is 6.25. The summed E-state index contributed by atoms with van der Waals surface area (Å²) in [6.07, 6.45) is 11.6. The smallest absolute Gasteiger partial charge is 0.264 e. The lowest BCUT2D eigenvalue weighted by atomic mass is 9.95. The van der Waals surface area contributed by atoms with Crippen molar-refractivity contribution in [1.82, 2.24) is 25.3 Å². The summed E-state index contributed by atoms with van der Waals surface area (Å²) >= 11 is 0. The molecule has 2 N–H and O–H groups in total. The maximum absolute atomic E-state index is 13.4. The van der Waals surface area contributed by atoms with E-state index in [1.807, 2.05) is 4.90 Å². The van der Waals surface area contributed by atoms with Gasteiger partial charge in [-0.1, -0.05) is 32.4 Å². The normalized spacial score (nSPS) is 23.3. The summed E-state index contributed by atoms with van der Waals surface area (Å²) in [5.74, 6) is -1.36. The zero-order chi connectivity index (χ0) is 30.9. The molecule has 1 aliphatic carbocycles. The van der Waals surface area contributed by atoms with E-state index >= 15 is 0 Å². The first-order valence-electron chi connectivity index (χ1n) is 15.8. The first kappa shape index (κ1) is 32.6. The van der Waals surface area contributed by atoms with Crippen LogP contribution in [0.5, 0.6) is 0 Å². The molecule has 0 radical (unpaired) electrons. The van der Waals surface area contributed by atoms with E-state index < -0.39 is 17.9 Å². The Bertz CT molecular complexity index is 1110. The first-order valence-corrected chi connectivity index (χ1v) is 15.8. The van der Waals surface area contributed by atoms with Gasteiger partial charge >= 0.3 is 0 Å². The number of amides is 4. The second-order valence-electron chi connectivity index (χ2n) is 12.0. The molecule has 3 heterocycles. The van der Waals surface area contributed by atoms with Gasteiger partial charge in [0.15, 0.2) is 0 Å². The van der Waals surface area contributed by atoms with Crippen molar-refractivity contribution in [3.63, 3.8) is 0 Å². The minimum atomic E-state index is -1.05. The number of piperidine rings is 2. The highest BCUT2D eigenvalue weighted by Gasteiger charge is 2.44. The molecule has 4 rings (SSSR count). The van der Waals surface area contributed by atoms with Crippen molar-refractivity contribution in [2.75, 3.05) is 39.8 Å². The Morgan fingerprint density at radius 3 is 2.16 bits per heavy atom. The molecule has 0 aromatic heterocycles. The fourth-order valence-electron chi connectivity index (χ4n) is 6.64. The van der Waals surface area contributed by atoms with Crippen LogP contribution < -0.4 is 10.6 Å². The van der Waals surface area contributed by atoms with Crippen molar-refractivity contribution in [1.29, 1.82) is 0 Å². The van der Waals surface area contributed by atoms with Crippen molar-refractivity contribution >= 4 is 29.9 Å². The molecule has 0 aromatic rings. The molecule has 11 heteroatoms. The Labute approximate surface area is 254 Å². The number of nitrogens with zero attached hydrogens (tertiary/aromatic N) is 3. The van der Waals surface area contributed by atoms with Crippen LogP contribution in [0.2, 0.25) is 0 Å². The van der Waals surface area contributed by atoms with Crippen LogP contribution in [0.4, 0.5) is 0 Å². The number of hydrogen-bond donors (Lipinski definition) is 2. The minimum Gasteiger partial charge on any atom is -0.375 e. The second kappa shape index (κ2) is 15.4. The van der Waals surface area contributed by atoms with Gasteiger partial charge in [0.25, 0.3) is 11.8 Å². The largest absolute Gasteiger partial charge is 0.375 e. The van der Waals surface area contributed by atoms with Gasteiger partial charge in [-0.05, 0) is 51.0 Å². The van der Waals surface area contributed by atoms with Gasteiger partial charge in [-0.2, -0.15) is 0 Å². The molecule has 0 aromatic carbocycles. The van der Waals surface area contributed by atoms with Crippen LogP contribution in [0, 0.1) is 0 Å². The fourth-order valence-corrected chi connectivity index (χ4v) is 6.64. The Morgan fingerprint density at radius 2 is 1.58 bits per heavy atom. The van der Waals surface area contributed by atoms with Crippen molar-refractivity contribution in [2.45, 2.75) is 94.9 Å². The summed E-state index contributed by atoms with van der Waals surface area (Å²) in [5.41, 5.74) is 0.718. The number of carbonyl (C=O) groups is 5. The number of nitrogens with one attached hydrogen (secondary N) is 2. The number of carbonyl (C=O) groups excluding carboxylic acids is 5. The van der Waals surface area contributed by atoms with Gasteiger partial charge in [-0.3, -0.25) is 29.0 Å². The maximum atomic E-state index is 13.4. The number of hydrogen-bond acceptors (Lipinski definition) is 8. The third-order valence-electron chi connectivity index (χ3n) is 9.14. The van der Waals surface area contributed by atoms with Crippen LogP contribution in [0.25, 0.3) is 0 Å². The van der Waals surface area contributed by atoms with Crippen molar-refractivity contribution in [2.24, 2.45) is 0 Å². The molecule has 43 heavy (non-hydrogen) atoms. The van der Waals surface area contributed by atoms with Gasteiger partial charge in [-0.25, -0.2) is 0 Å². The zero-order valence-corrected chi connectivity index (χ0v) is 25.5. The average molecular weight is 598 g/mol. The number of rotatable bonds is 12. The molecule has 1 atom stereocenters. The molecule has 3 saturated heterocycles. The topological polar surface area (TPSA) is 128 Å². The summed E-state index contributed by atoms with van der Waals surface area (Å²) < 4.78 is 6.46. The van der Waals surface area contributed by atoms with E-state index in [1.54, 1.807) is 6.08 Å². The molecule has 4 aliphatic rings. The Kier molecular flexibility index (Phi) is 11.7. The van der Waals surface area contributed by atoms with Crippen molar-refractivity contribution in [3.05, 3.63) is 36.1 Å². The van der Waals surface area contributed by atoms with Crippen molar-refractivity contribution in [3.8, 4) is 0 Å². The Morgan fingerprint density at radius 1 is 0.953 bits per heavy atom. The number of ether oxygens (including phenoxy) is 1. The summed E-state index contributed by atoms with van der Waals surface area (Å²) in [5, 5.41) is 5.69. The van der Waals surface area contributed by atoms with E-state index in [0.29, 0.717) is 37.7 Å². The molecular weight excluding hydrogens is 550 g/mol. The summed E-state index contributed by atoms with van der Waals surface area (Å²) in [6.45, 7) is 11.1. The number of allylic oxidation sites excluding steroid dienone is 1. The molecule has 4 fully saturated rings. The number of aldehydes is 1. The van der Waals surface area contributed by atoms with Crippen molar-refractivity contribution < 1.29 is 28.7 Å². The van der Waals surface area contributed by atoms with Gasteiger partial charge in [0, 0.05) is 57.0 Å². The molecule has 0 bridgehead atoms. The van der Waals surface area contributed by atoms with E-state index in [-0.39, 0.29) is 48.0 Å². The average Bonchev–Trinajstić information content (AvgIpc) is 3.23. The quantitative estimate of drug-likeness (QED) is 0.198. The third-order valence-corrected chi connectivity index (χ3v) is 9.14. The Balaban J connectivity index is 1.26. The van der Waals surface area contributed by atoms with E-state index in [4.69, 9.17) is 4.74 Å². The summed E-state index contributed by atoms with van der Waals surface area (Å²) in [7, 11) is 1.49. The van der Waals surface area contributed by atoms with Gasteiger partial charge in [0.1, 0.15) is 6.29 Å². The highest BCUT2D eigenvalue weighted by atomic mass is 16.5. The number of likely N-dealkylation sites (tertiary alicyclic amines) is 3. The lowest BCUT2D eigenvalue weighted by molar-refractivity contribution is -0.142. The van der Waals surface area contributed by atoms with Crippen LogP contribution in [0.15, 0.2) is 36.1 Å². The highest BCUT2D eigenvalue weighted by Crippen LogP contribution is 2.32. The van der Waals surface area contributed by atoms with E-state index in [0.717, 1.165) is 56.5 Å². The van der Waals surface area contributed by atoms with E-state index in [1.165, 1.54) is 26.3 Å². The SMILES string of the molecule is C=C/C(=C1\C(=C)C(=O)N(C(C=O)CCC(=O)NC)C1=O)N1CCC(OC2CCN(CC(=O)NC3CCCCC3)CC2)CC1. The molecule has 1 unspecified atom stereocenters. The zero-order valence-electron chi connectivity index (χ0n) is 25.5. The molecule has 3 aliphatic heterocycles. The van der Waals surface area contributed by atoms with Crippen LogP contribution in [0.1, 0.15) is 70.6 Å². The molecular formula is C32H47N5O6. The predicted octanol–water partition coefficient (Wildman–Crippen LogP) is 1.84. The Hall–Kier alpha value is -3.31. The second-order valence-corrected chi connectivity index (χ2v) is 12.0. The minimum absolute atomic E-state index is 0.0130. The maximum Gasteiger partial charge on any atom is 0.264 e.